The van der Waals surface area contributed by atoms with Gasteiger partial charge in [-0.1, -0.05) is 42.5 Å². The molecule has 0 radical (unpaired) electrons. The molecule has 2 aromatic heterocycles. The van der Waals surface area contributed by atoms with Gasteiger partial charge < -0.3 is 14.0 Å². The van der Waals surface area contributed by atoms with E-state index in [1.54, 1.807) is 36.4 Å². The molecule has 0 saturated heterocycles. The van der Waals surface area contributed by atoms with Crippen LogP contribution in [0.4, 0.5) is 22.0 Å². The molecule has 7 nitrogen and oxygen atoms in total. The second kappa shape index (κ2) is 15.2. The summed E-state index contributed by atoms with van der Waals surface area (Å²) in [4.78, 5) is 20.8. The van der Waals surface area contributed by atoms with E-state index < -0.39 is 52.0 Å². The topological polar surface area (TPSA) is 83.3 Å². The molecule has 0 aliphatic rings. The van der Waals surface area contributed by atoms with E-state index in [0.29, 0.717) is 11.1 Å². The zero-order chi connectivity index (χ0) is 33.5. The molecule has 2 heterocycles. The monoisotopic (exact) mass is 669 g/mol. The summed E-state index contributed by atoms with van der Waals surface area (Å²) in [5.41, 5.74) is 0.486. The molecule has 244 valence electrons. The van der Waals surface area contributed by atoms with Gasteiger partial charge in [-0.2, -0.15) is 0 Å². The Hall–Kier alpha value is -4.75. The van der Waals surface area contributed by atoms with Crippen LogP contribution in [0.15, 0.2) is 101 Å². The van der Waals surface area contributed by atoms with Crippen LogP contribution in [0.3, 0.4) is 0 Å². The van der Waals surface area contributed by atoms with Gasteiger partial charge in [-0.05, 0) is 47.9 Å². The lowest BCUT2D eigenvalue weighted by molar-refractivity contribution is 0.0362. The Bertz CT molecular complexity index is 1940. The fraction of sp³-hybridized carbons (Fsp3) is 0.206. The lowest BCUT2D eigenvalue weighted by Crippen LogP contribution is -2.19. The molecular weight excluding hydrogens is 641 g/mol. The number of rotatable bonds is 13. The Labute approximate surface area is 269 Å². The van der Waals surface area contributed by atoms with Gasteiger partial charge in [-0.3, -0.25) is 9.00 Å². The van der Waals surface area contributed by atoms with Gasteiger partial charge >= 0.3 is 0 Å². The Kier molecular flexibility index (Phi) is 10.9. The second-order valence-electron chi connectivity index (χ2n) is 10.4. The first kappa shape index (κ1) is 33.6. The van der Waals surface area contributed by atoms with Crippen molar-refractivity contribution in [2.45, 2.75) is 37.3 Å². The van der Waals surface area contributed by atoms with Crippen molar-refractivity contribution >= 4 is 10.8 Å². The molecule has 5 rings (SSSR count). The summed E-state index contributed by atoms with van der Waals surface area (Å²) in [6.45, 7) is -0.222. The van der Waals surface area contributed by atoms with Gasteiger partial charge in [-0.15, -0.1) is 0 Å². The first-order valence-electron chi connectivity index (χ1n) is 14.3. The van der Waals surface area contributed by atoms with Crippen LogP contribution in [-0.4, -0.2) is 31.6 Å². The van der Waals surface area contributed by atoms with E-state index in [1.807, 2.05) is 0 Å². The van der Waals surface area contributed by atoms with E-state index in [0.717, 1.165) is 18.2 Å². The van der Waals surface area contributed by atoms with Crippen LogP contribution in [0.25, 0.3) is 11.3 Å². The van der Waals surface area contributed by atoms with Crippen LogP contribution in [0.2, 0.25) is 0 Å². The number of hydrogen-bond acceptors (Lipinski definition) is 6. The van der Waals surface area contributed by atoms with Crippen LogP contribution in [0, 0.1) is 17.5 Å². The molecule has 5 aromatic rings. The highest BCUT2D eigenvalue weighted by Crippen LogP contribution is 2.27. The third kappa shape index (κ3) is 8.54. The average Bonchev–Trinajstić information content (AvgIpc) is 3.06. The Morgan fingerprint density at radius 3 is 2.38 bits per heavy atom. The maximum Gasteiger partial charge on any atom is 0.280 e. The smallest absolute Gasteiger partial charge is 0.280 e. The molecular formula is C34H28F5N3O4S. The van der Waals surface area contributed by atoms with Gasteiger partial charge in [0.15, 0.2) is 11.6 Å². The third-order valence-electron chi connectivity index (χ3n) is 7.19. The van der Waals surface area contributed by atoms with Crippen LogP contribution in [0.1, 0.15) is 41.3 Å². The molecule has 0 amide bonds. The van der Waals surface area contributed by atoms with Crippen molar-refractivity contribution < 1.29 is 35.6 Å². The van der Waals surface area contributed by atoms with Crippen molar-refractivity contribution in [2.75, 3.05) is 12.9 Å². The highest BCUT2D eigenvalue weighted by molar-refractivity contribution is 7.84. The minimum Gasteiger partial charge on any atom is -0.494 e. The molecule has 0 aliphatic heterocycles. The van der Waals surface area contributed by atoms with E-state index in [4.69, 9.17) is 9.47 Å². The van der Waals surface area contributed by atoms with Crippen molar-refractivity contribution in [1.82, 2.24) is 14.5 Å². The summed E-state index contributed by atoms with van der Waals surface area (Å²) in [7, 11) is -0.643. The predicted molar refractivity (Wildman–Crippen MR) is 165 cm³/mol. The van der Waals surface area contributed by atoms with Crippen LogP contribution >= 0.6 is 0 Å². The highest BCUT2D eigenvalue weighted by Gasteiger charge is 2.21. The third-order valence-corrected chi connectivity index (χ3v) is 8.39. The fourth-order valence-electron chi connectivity index (χ4n) is 4.76. The summed E-state index contributed by atoms with van der Waals surface area (Å²) in [6.07, 6.45) is -2.16. The van der Waals surface area contributed by atoms with E-state index in [1.165, 1.54) is 48.2 Å². The maximum absolute atomic E-state index is 14.2. The number of aromatic nitrogens is 3. The highest BCUT2D eigenvalue weighted by atomic mass is 32.2. The number of ether oxygens (including phenoxy) is 2. The van der Waals surface area contributed by atoms with Gasteiger partial charge in [0.2, 0.25) is 5.16 Å². The van der Waals surface area contributed by atoms with E-state index in [-0.39, 0.29) is 53.1 Å². The van der Waals surface area contributed by atoms with Gasteiger partial charge in [-0.25, -0.2) is 31.9 Å². The molecule has 0 bridgehead atoms. The molecule has 0 aliphatic carbocycles. The number of methoxy groups -OCH3 is 1. The number of halogens is 5. The molecule has 0 saturated carbocycles. The van der Waals surface area contributed by atoms with E-state index in [9.17, 15) is 31.0 Å². The molecule has 0 spiro atoms. The maximum atomic E-state index is 14.2. The fourth-order valence-corrected chi connectivity index (χ4v) is 5.78. The van der Waals surface area contributed by atoms with Crippen molar-refractivity contribution in [3.63, 3.8) is 0 Å². The summed E-state index contributed by atoms with van der Waals surface area (Å²) in [5, 5.41) is -0.343. The Morgan fingerprint density at radius 2 is 1.68 bits per heavy atom. The van der Waals surface area contributed by atoms with Gasteiger partial charge in [0, 0.05) is 35.2 Å². The van der Waals surface area contributed by atoms with E-state index in [2.05, 4.69) is 9.97 Å². The quantitative estimate of drug-likeness (QED) is 0.0977. The summed E-state index contributed by atoms with van der Waals surface area (Å²) >= 11 is 0. The summed E-state index contributed by atoms with van der Waals surface area (Å²) in [6, 6.07) is 19.9. The zero-order valence-corrected chi connectivity index (χ0v) is 25.7. The minimum atomic E-state index is -3.01. The number of pyridine rings is 1. The van der Waals surface area contributed by atoms with E-state index >= 15 is 0 Å². The molecule has 13 heteroatoms. The van der Waals surface area contributed by atoms with Crippen molar-refractivity contribution in [3.05, 3.63) is 141 Å². The lowest BCUT2D eigenvalue weighted by Gasteiger charge is -2.19. The molecule has 3 aromatic carbocycles. The molecule has 0 fully saturated rings. The zero-order valence-electron chi connectivity index (χ0n) is 24.9. The van der Waals surface area contributed by atoms with Crippen molar-refractivity contribution in [3.8, 4) is 17.0 Å². The molecule has 0 N–H and O–H groups in total. The number of benzene rings is 3. The molecule has 47 heavy (non-hydrogen) atoms. The summed E-state index contributed by atoms with van der Waals surface area (Å²) < 4.78 is 95.3. The largest absolute Gasteiger partial charge is 0.494 e. The van der Waals surface area contributed by atoms with Crippen molar-refractivity contribution in [2.24, 2.45) is 0 Å². The van der Waals surface area contributed by atoms with Crippen molar-refractivity contribution in [1.29, 1.82) is 0 Å². The standard InChI is InChI=1S/C34H28F5N3O4S/c1-45-31-11-7-21(15-27(31)37)18-42-19-23(9-12-32(42)43)28-17-29(33(38)39)41-34(40-28)47(44)14-13-30(22-5-3-2-4-6-22)46-20-24-8-10-25(35)16-26(24)36/h2-12,15-17,19,30,33H,13-14,18,20H2,1H3. The second-order valence-corrected chi connectivity index (χ2v) is 11.9. The lowest BCUT2D eigenvalue weighted by atomic mass is 10.1. The van der Waals surface area contributed by atoms with Crippen LogP contribution in [0.5, 0.6) is 5.75 Å². The summed E-state index contributed by atoms with van der Waals surface area (Å²) in [5.74, 6) is -2.16. The predicted octanol–water partition coefficient (Wildman–Crippen LogP) is 7.17. The minimum absolute atomic E-state index is 0.0101. The normalized spacial score (nSPS) is 12.7. The SMILES string of the molecule is COc1ccc(Cn2cc(-c3cc(C(F)F)nc(S(=O)CCC(OCc4ccc(F)cc4F)c4ccccc4)n3)ccc2=O)cc1F. The van der Waals surface area contributed by atoms with Gasteiger partial charge in [0.05, 0.1) is 42.9 Å². The number of alkyl halides is 2. The first-order valence-corrected chi connectivity index (χ1v) is 15.6. The molecule has 2 atom stereocenters. The number of hydrogen-bond donors (Lipinski definition) is 0. The number of nitrogens with zero attached hydrogens (tertiary/aromatic N) is 3. The van der Waals surface area contributed by atoms with Crippen LogP contribution < -0.4 is 10.3 Å². The van der Waals surface area contributed by atoms with Gasteiger partial charge in [0.1, 0.15) is 17.3 Å². The van der Waals surface area contributed by atoms with Gasteiger partial charge in [0.25, 0.3) is 12.0 Å². The average molecular weight is 670 g/mol. The first-order chi connectivity index (χ1) is 22.6. The molecule has 2 unspecified atom stereocenters. The van der Waals surface area contributed by atoms with Crippen LogP contribution in [-0.2, 0) is 28.7 Å². The Morgan fingerprint density at radius 1 is 0.894 bits per heavy atom. The Balaban J connectivity index is 1.38.